The van der Waals surface area contributed by atoms with Crippen molar-refractivity contribution in [1.82, 2.24) is 35.5 Å². The number of hydrogen-bond donors (Lipinski definition) is 4. The maximum Gasteiger partial charge on any atom is 0.302 e. The van der Waals surface area contributed by atoms with Gasteiger partial charge in [-0.05, 0) is 36.2 Å². The number of hydrogen-bond acceptors (Lipinski definition) is 16. The summed E-state index contributed by atoms with van der Waals surface area (Å²) in [6.07, 6.45) is 3.50. The molecule has 2 aromatic carbocycles. The second kappa shape index (κ2) is 22.0. The molecule has 2 aromatic heterocycles. The van der Waals surface area contributed by atoms with Gasteiger partial charge in [0.1, 0.15) is 6.61 Å². The largest absolute Gasteiger partial charge is 0.476 e. The van der Waals surface area contributed by atoms with Crippen LogP contribution in [0.2, 0.25) is 0 Å². The summed E-state index contributed by atoms with van der Waals surface area (Å²) in [5.41, 5.74) is 3.00. The molecule has 2 amide bonds. The van der Waals surface area contributed by atoms with Crippen molar-refractivity contribution in [3.05, 3.63) is 81.7 Å². The Hall–Kier alpha value is -6.67. The number of benzene rings is 2. The van der Waals surface area contributed by atoms with E-state index in [0.29, 0.717) is 28.9 Å². The molecule has 2 heterocycles. The van der Waals surface area contributed by atoms with E-state index in [0.717, 1.165) is 5.56 Å². The van der Waals surface area contributed by atoms with Gasteiger partial charge in [0.2, 0.25) is 17.7 Å². The first-order valence-electron chi connectivity index (χ1n) is 17.9. The number of anilines is 1. The van der Waals surface area contributed by atoms with Gasteiger partial charge >= 0.3 is 5.97 Å². The van der Waals surface area contributed by atoms with Crippen LogP contribution in [0.3, 0.4) is 0 Å². The Labute approximate surface area is 327 Å². The Balaban J connectivity index is 1.41. The molecule has 0 aliphatic heterocycles. The summed E-state index contributed by atoms with van der Waals surface area (Å²) in [5, 5.41) is 19.5. The minimum Gasteiger partial charge on any atom is -0.476 e. The van der Waals surface area contributed by atoms with E-state index in [1.807, 2.05) is 0 Å². The van der Waals surface area contributed by atoms with Gasteiger partial charge < -0.3 is 35.2 Å². The second-order valence-electron chi connectivity index (χ2n) is 12.7. The van der Waals surface area contributed by atoms with Gasteiger partial charge in [0.05, 0.1) is 49.5 Å². The zero-order chi connectivity index (χ0) is 41.2. The number of aromatic nitrogens is 4. The first-order valence-corrected chi connectivity index (χ1v) is 17.9. The molecule has 4 rings (SSSR count). The SMILES string of the molecule is CC(=O)OCCNC(=O)[C@H](CCC(=O)NCCON)CC(=O)c1ccc(NCc2cnc3nc(/N=C/N(C)C)nc(OCCc4ccc([N+](=O)[O-])cc4)c3n2)cc1. The summed E-state index contributed by atoms with van der Waals surface area (Å²) in [6, 6.07) is 12.9. The highest BCUT2D eigenvalue weighted by Crippen LogP contribution is 2.24. The second-order valence-corrected chi connectivity index (χ2v) is 12.7. The normalized spacial score (nSPS) is 11.5. The van der Waals surface area contributed by atoms with Gasteiger partial charge in [-0.15, -0.1) is 0 Å². The standard InChI is InChI=1S/C37H45N11O9/c1-24(49)55-18-15-40-35(52)27(8-13-32(51)39-16-19-57-38)20-31(50)26-6-9-28(10-7-26)41-21-29-22-42-34-33(44-29)36(46-37(45-34)43-23-47(2)3)56-17-14-25-4-11-30(12-5-25)48(53)54/h4-7,9-12,22-23,27,41H,8,13-21,38H2,1-3H3,(H,39,51)(H,40,52)/b43-23+/t27-/m1/s1. The molecule has 302 valence electrons. The molecule has 0 saturated carbocycles. The van der Waals surface area contributed by atoms with Gasteiger partial charge in [-0.3, -0.25) is 29.3 Å². The van der Waals surface area contributed by atoms with Crippen LogP contribution in [0.15, 0.2) is 59.7 Å². The fraction of sp³-hybridized carbons (Fsp3) is 0.378. The minimum atomic E-state index is -0.813. The summed E-state index contributed by atoms with van der Waals surface area (Å²) in [7, 11) is 3.61. The first-order chi connectivity index (χ1) is 27.4. The Morgan fingerprint density at radius 1 is 0.982 bits per heavy atom. The van der Waals surface area contributed by atoms with Crippen LogP contribution in [0.4, 0.5) is 17.3 Å². The zero-order valence-electron chi connectivity index (χ0n) is 31.8. The molecule has 0 bridgehead atoms. The highest BCUT2D eigenvalue weighted by atomic mass is 16.6. The molecule has 0 aliphatic carbocycles. The van der Waals surface area contributed by atoms with Crippen LogP contribution in [-0.2, 0) is 36.9 Å². The van der Waals surface area contributed by atoms with E-state index < -0.39 is 22.7 Å². The smallest absolute Gasteiger partial charge is 0.302 e. The number of esters is 1. The highest BCUT2D eigenvalue weighted by molar-refractivity contribution is 5.99. The Morgan fingerprint density at radius 3 is 2.40 bits per heavy atom. The van der Waals surface area contributed by atoms with Crippen LogP contribution in [0, 0.1) is 16.0 Å². The number of Topliss-reactive ketones (excluding diaryl/α,β-unsaturated/α-hetero) is 1. The molecule has 0 aliphatic rings. The van der Waals surface area contributed by atoms with Crippen LogP contribution in [-0.4, -0.2) is 107 Å². The van der Waals surface area contributed by atoms with Gasteiger partial charge in [-0.25, -0.2) is 20.9 Å². The number of rotatable bonds is 23. The number of nitro groups is 1. The third-order valence-corrected chi connectivity index (χ3v) is 8.05. The van der Waals surface area contributed by atoms with E-state index in [1.165, 1.54) is 19.1 Å². The lowest BCUT2D eigenvalue weighted by Crippen LogP contribution is -2.35. The van der Waals surface area contributed by atoms with Crippen molar-refractivity contribution in [2.24, 2.45) is 16.8 Å². The van der Waals surface area contributed by atoms with E-state index in [1.54, 1.807) is 67.9 Å². The van der Waals surface area contributed by atoms with E-state index in [-0.39, 0.29) is 93.6 Å². The number of nitrogens with zero attached hydrogens (tertiary/aromatic N) is 7. The van der Waals surface area contributed by atoms with Crippen molar-refractivity contribution in [2.45, 2.75) is 39.2 Å². The number of fused-ring (bicyclic) bond motifs is 1. The maximum absolute atomic E-state index is 13.3. The summed E-state index contributed by atoms with van der Waals surface area (Å²) >= 11 is 0. The summed E-state index contributed by atoms with van der Waals surface area (Å²) in [6.45, 7) is 2.05. The number of non-ortho nitro benzene ring substituents is 1. The summed E-state index contributed by atoms with van der Waals surface area (Å²) < 4.78 is 10.9. The first kappa shape index (κ1) is 43.1. The number of carbonyl (C=O) groups excluding carboxylic acids is 4. The van der Waals surface area contributed by atoms with Gasteiger partial charge in [0.25, 0.3) is 11.6 Å². The van der Waals surface area contributed by atoms with Crippen molar-refractivity contribution in [3.63, 3.8) is 0 Å². The van der Waals surface area contributed by atoms with Gasteiger partial charge in [0.15, 0.2) is 16.9 Å². The maximum atomic E-state index is 13.3. The molecule has 0 fully saturated rings. The Morgan fingerprint density at radius 2 is 1.72 bits per heavy atom. The van der Waals surface area contributed by atoms with Crippen molar-refractivity contribution >= 4 is 58.4 Å². The summed E-state index contributed by atoms with van der Waals surface area (Å²) in [5.74, 6) is 2.93. The van der Waals surface area contributed by atoms with Gasteiger partial charge in [-0.1, -0.05) is 12.1 Å². The summed E-state index contributed by atoms with van der Waals surface area (Å²) in [4.78, 5) is 88.6. The molecule has 20 heteroatoms. The van der Waals surface area contributed by atoms with Crippen molar-refractivity contribution in [3.8, 4) is 5.88 Å². The molecule has 20 nitrogen and oxygen atoms in total. The number of nitrogens with two attached hydrogens (primary N) is 1. The lowest BCUT2D eigenvalue weighted by Gasteiger charge is -2.16. The Kier molecular flexibility index (Phi) is 16.6. The van der Waals surface area contributed by atoms with Crippen molar-refractivity contribution in [2.75, 3.05) is 52.3 Å². The molecule has 5 N–H and O–H groups in total. The topological polar surface area (TPSA) is 268 Å². The van der Waals surface area contributed by atoms with Crippen LogP contribution in [0.1, 0.15) is 47.8 Å². The monoisotopic (exact) mass is 787 g/mol. The number of aliphatic imine (C=N–C) groups is 1. The quantitative estimate of drug-likeness (QED) is 0.0160. The van der Waals surface area contributed by atoms with Crippen LogP contribution >= 0.6 is 0 Å². The lowest BCUT2D eigenvalue weighted by molar-refractivity contribution is -0.384. The van der Waals surface area contributed by atoms with E-state index in [2.05, 4.69) is 40.7 Å². The average molecular weight is 788 g/mol. The fourth-order valence-corrected chi connectivity index (χ4v) is 5.16. The number of nitro benzene ring substituents is 1. The molecule has 0 saturated heterocycles. The third kappa shape index (κ3) is 14.5. The molecule has 57 heavy (non-hydrogen) atoms. The van der Waals surface area contributed by atoms with Crippen molar-refractivity contribution < 1.29 is 38.4 Å². The molecule has 1 atom stereocenters. The molecular weight excluding hydrogens is 742 g/mol. The van der Waals surface area contributed by atoms with E-state index >= 15 is 0 Å². The third-order valence-electron chi connectivity index (χ3n) is 8.05. The van der Waals surface area contributed by atoms with E-state index in [4.69, 9.17) is 20.4 Å². The molecular formula is C37H45N11O9. The highest BCUT2D eigenvalue weighted by Gasteiger charge is 2.24. The minimum absolute atomic E-state index is 0.00219. The average Bonchev–Trinajstić information content (AvgIpc) is 3.19. The number of nitrogens with one attached hydrogen (secondary N) is 3. The van der Waals surface area contributed by atoms with Crippen LogP contribution in [0.5, 0.6) is 5.88 Å². The number of amides is 2. The number of ketones is 1. The predicted octanol–water partition coefficient (Wildman–Crippen LogP) is 2.44. The molecule has 4 aromatic rings. The van der Waals surface area contributed by atoms with Gasteiger partial charge in [-0.2, -0.15) is 9.97 Å². The van der Waals surface area contributed by atoms with E-state index in [9.17, 15) is 29.3 Å². The van der Waals surface area contributed by atoms with Crippen LogP contribution < -0.4 is 26.6 Å². The zero-order valence-corrected chi connectivity index (χ0v) is 31.8. The number of ether oxygens (including phenoxy) is 2. The van der Waals surface area contributed by atoms with Crippen molar-refractivity contribution in [1.29, 1.82) is 0 Å². The fourth-order valence-electron chi connectivity index (χ4n) is 5.16. The molecule has 0 radical (unpaired) electrons. The molecule has 0 unspecified atom stereocenters. The predicted molar refractivity (Wildman–Crippen MR) is 207 cm³/mol. The lowest BCUT2D eigenvalue weighted by atomic mass is 9.93. The number of carbonyl (C=O) groups is 4. The molecule has 0 spiro atoms. The Bertz CT molecular complexity index is 2030. The van der Waals surface area contributed by atoms with Crippen LogP contribution in [0.25, 0.3) is 11.2 Å². The van der Waals surface area contributed by atoms with Gasteiger partial charge in [0, 0.05) is 76.1 Å².